The zero-order chi connectivity index (χ0) is 42.6. The smallest absolute Gasteiger partial charge is 0.137 e. The standard InChI is InChI=1S/C56H50N2O3/c1-33-17-15-18-34(2)51(33)39-30-46(43-32-50-54(41-21-13-14-24-49(41)61-50)53(55(43)60-9)37-19-11-10-12-20-37)58-47(31-39)45-23-16-22-44(57-45)42-29-38(25-26-48(42)59-8)52-35(3)27-40(28-36(52)4)56(5,6)7/h10-32H,1-9H3. The molecule has 0 saturated heterocycles. The number of aryl methyl sites for hydroxylation is 4. The number of hydrogen-bond acceptors (Lipinski definition) is 5. The first kappa shape index (κ1) is 39.5. The van der Waals surface area contributed by atoms with Crippen LogP contribution in [0.4, 0.5) is 0 Å². The molecule has 3 aromatic heterocycles. The molecule has 0 aliphatic heterocycles. The molecule has 0 amide bonds. The number of ether oxygens (including phenoxy) is 2. The van der Waals surface area contributed by atoms with E-state index in [4.69, 9.17) is 23.9 Å². The summed E-state index contributed by atoms with van der Waals surface area (Å²) in [4.78, 5) is 10.8. The van der Waals surface area contributed by atoms with Crippen molar-refractivity contribution >= 4 is 21.9 Å². The molecule has 0 saturated carbocycles. The molecule has 0 bridgehead atoms. The molecule has 0 unspecified atom stereocenters. The molecule has 0 aliphatic carbocycles. The number of para-hydroxylation sites is 1. The highest BCUT2D eigenvalue weighted by atomic mass is 16.5. The Balaban J connectivity index is 1.26. The number of rotatable bonds is 8. The number of aromatic nitrogens is 2. The van der Waals surface area contributed by atoms with E-state index >= 15 is 0 Å². The fourth-order valence-electron chi connectivity index (χ4n) is 9.01. The number of benzene rings is 6. The first-order valence-corrected chi connectivity index (χ1v) is 20.9. The van der Waals surface area contributed by atoms with Crippen LogP contribution in [-0.2, 0) is 5.41 Å². The minimum absolute atomic E-state index is 0.0576. The van der Waals surface area contributed by atoms with E-state index in [1.54, 1.807) is 14.2 Å². The van der Waals surface area contributed by atoms with Gasteiger partial charge in [0.25, 0.3) is 0 Å². The maximum absolute atomic E-state index is 6.60. The van der Waals surface area contributed by atoms with Gasteiger partial charge < -0.3 is 13.9 Å². The molecule has 6 aromatic carbocycles. The molecular formula is C56H50N2O3. The predicted molar refractivity (Wildman–Crippen MR) is 253 cm³/mol. The van der Waals surface area contributed by atoms with Crippen molar-refractivity contribution in [3.63, 3.8) is 0 Å². The second kappa shape index (κ2) is 15.6. The topological polar surface area (TPSA) is 57.4 Å². The van der Waals surface area contributed by atoms with Gasteiger partial charge in [0.1, 0.15) is 22.7 Å². The quantitative estimate of drug-likeness (QED) is 0.153. The van der Waals surface area contributed by atoms with Gasteiger partial charge in [0.05, 0.1) is 37.0 Å². The van der Waals surface area contributed by atoms with Gasteiger partial charge in [0, 0.05) is 27.5 Å². The van der Waals surface area contributed by atoms with Crippen molar-refractivity contribution in [1.82, 2.24) is 9.97 Å². The molecule has 0 spiro atoms. The van der Waals surface area contributed by atoms with Crippen molar-refractivity contribution in [3.8, 4) is 78.8 Å². The van der Waals surface area contributed by atoms with Gasteiger partial charge in [-0.2, -0.15) is 0 Å². The van der Waals surface area contributed by atoms with E-state index in [1.165, 1.54) is 33.4 Å². The molecule has 9 rings (SSSR count). The van der Waals surface area contributed by atoms with Crippen LogP contribution in [-0.4, -0.2) is 24.2 Å². The lowest BCUT2D eigenvalue weighted by Gasteiger charge is -2.23. The molecule has 0 aliphatic rings. The number of methoxy groups -OCH3 is 2. The van der Waals surface area contributed by atoms with Crippen LogP contribution in [0.3, 0.4) is 0 Å². The Bertz CT molecular complexity index is 3090. The average molecular weight is 799 g/mol. The van der Waals surface area contributed by atoms with E-state index < -0.39 is 0 Å². The van der Waals surface area contributed by atoms with Crippen molar-refractivity contribution in [2.75, 3.05) is 14.2 Å². The zero-order valence-electron chi connectivity index (χ0n) is 36.4. The normalized spacial score (nSPS) is 11.7. The third-order valence-corrected chi connectivity index (χ3v) is 11.9. The van der Waals surface area contributed by atoms with Crippen molar-refractivity contribution in [3.05, 3.63) is 167 Å². The maximum Gasteiger partial charge on any atom is 0.137 e. The number of fused-ring (bicyclic) bond motifs is 3. The minimum atomic E-state index is 0.0576. The summed E-state index contributed by atoms with van der Waals surface area (Å²) in [5, 5.41) is 2.04. The van der Waals surface area contributed by atoms with E-state index in [2.05, 4.69) is 158 Å². The van der Waals surface area contributed by atoms with Crippen LogP contribution in [0.1, 0.15) is 48.6 Å². The minimum Gasteiger partial charge on any atom is -0.496 e. The molecule has 0 N–H and O–H groups in total. The number of pyridine rings is 2. The van der Waals surface area contributed by atoms with Gasteiger partial charge in [-0.05, 0) is 137 Å². The van der Waals surface area contributed by atoms with Gasteiger partial charge in [-0.3, -0.25) is 0 Å². The first-order chi connectivity index (χ1) is 29.4. The highest BCUT2D eigenvalue weighted by Crippen LogP contribution is 2.48. The Kier molecular flexibility index (Phi) is 10.1. The van der Waals surface area contributed by atoms with Crippen molar-refractivity contribution in [1.29, 1.82) is 0 Å². The molecule has 5 nitrogen and oxygen atoms in total. The van der Waals surface area contributed by atoms with Crippen LogP contribution in [0.15, 0.2) is 144 Å². The average Bonchev–Trinajstić information content (AvgIpc) is 3.63. The Labute approximate surface area is 358 Å². The number of nitrogens with zero attached hydrogens (tertiary/aromatic N) is 2. The van der Waals surface area contributed by atoms with E-state index in [1.807, 2.05) is 30.3 Å². The summed E-state index contributed by atoms with van der Waals surface area (Å²) in [6.07, 6.45) is 0. The van der Waals surface area contributed by atoms with Gasteiger partial charge >= 0.3 is 0 Å². The maximum atomic E-state index is 6.60. The van der Waals surface area contributed by atoms with Gasteiger partial charge in [0.15, 0.2) is 0 Å². The fourth-order valence-corrected chi connectivity index (χ4v) is 9.01. The molecule has 0 radical (unpaired) electrons. The summed E-state index contributed by atoms with van der Waals surface area (Å²) in [5.74, 6) is 1.48. The largest absolute Gasteiger partial charge is 0.496 e. The van der Waals surface area contributed by atoms with Gasteiger partial charge in [-0.25, -0.2) is 9.97 Å². The molecule has 0 atom stereocenters. The molecule has 3 heterocycles. The van der Waals surface area contributed by atoms with Crippen LogP contribution in [0, 0.1) is 27.7 Å². The van der Waals surface area contributed by atoms with Crippen LogP contribution in [0.2, 0.25) is 0 Å². The summed E-state index contributed by atoms with van der Waals surface area (Å²) < 4.78 is 19.0. The predicted octanol–water partition coefficient (Wildman–Crippen LogP) is 14.9. The molecule has 302 valence electrons. The summed E-state index contributed by atoms with van der Waals surface area (Å²) in [6, 6.07) is 48.6. The highest BCUT2D eigenvalue weighted by molar-refractivity contribution is 6.16. The lowest BCUT2D eigenvalue weighted by Crippen LogP contribution is -2.12. The molecule has 5 heteroatoms. The van der Waals surface area contributed by atoms with Crippen LogP contribution < -0.4 is 9.47 Å². The molecular weight excluding hydrogens is 749 g/mol. The lowest BCUT2D eigenvalue weighted by atomic mass is 9.82. The van der Waals surface area contributed by atoms with E-state index in [9.17, 15) is 0 Å². The third-order valence-electron chi connectivity index (χ3n) is 11.9. The van der Waals surface area contributed by atoms with Crippen LogP contribution >= 0.6 is 0 Å². The molecule has 9 aromatic rings. The van der Waals surface area contributed by atoms with Crippen molar-refractivity contribution in [2.45, 2.75) is 53.9 Å². The first-order valence-electron chi connectivity index (χ1n) is 20.9. The SMILES string of the molecule is COc1ccc(-c2c(C)cc(C(C)(C)C)cc2C)cc1-c1cccc(-c2cc(-c3c(C)cccc3C)cc(-c3cc4oc5ccccc5c4c(-c4ccccc4)c3OC)n2)n1. The van der Waals surface area contributed by atoms with Crippen LogP contribution in [0.5, 0.6) is 11.5 Å². The third kappa shape index (κ3) is 7.14. The number of furan rings is 1. The summed E-state index contributed by atoms with van der Waals surface area (Å²) in [5.41, 5.74) is 19.1. The summed E-state index contributed by atoms with van der Waals surface area (Å²) in [7, 11) is 3.46. The van der Waals surface area contributed by atoms with Gasteiger partial charge in [-0.15, -0.1) is 0 Å². The monoisotopic (exact) mass is 798 g/mol. The Hall–Kier alpha value is -6.98. The Morgan fingerprint density at radius 2 is 1.10 bits per heavy atom. The number of hydrogen-bond donors (Lipinski definition) is 0. The van der Waals surface area contributed by atoms with Crippen molar-refractivity contribution < 1.29 is 13.9 Å². The highest BCUT2D eigenvalue weighted by Gasteiger charge is 2.25. The van der Waals surface area contributed by atoms with Crippen molar-refractivity contribution in [2.24, 2.45) is 0 Å². The fraction of sp³-hybridized carbons (Fsp3) is 0.179. The van der Waals surface area contributed by atoms with Crippen LogP contribution in [0.25, 0.3) is 89.2 Å². The Morgan fingerprint density at radius 1 is 0.459 bits per heavy atom. The van der Waals surface area contributed by atoms with Gasteiger partial charge in [-0.1, -0.05) is 112 Å². The van der Waals surface area contributed by atoms with E-state index in [0.29, 0.717) is 0 Å². The lowest BCUT2D eigenvalue weighted by molar-refractivity contribution is 0.416. The second-order valence-corrected chi connectivity index (χ2v) is 17.1. The van der Waals surface area contributed by atoms with E-state index in [0.717, 1.165) is 95.2 Å². The second-order valence-electron chi connectivity index (χ2n) is 17.1. The zero-order valence-corrected chi connectivity index (χ0v) is 36.4. The Morgan fingerprint density at radius 3 is 1.80 bits per heavy atom. The summed E-state index contributed by atoms with van der Waals surface area (Å²) >= 11 is 0. The molecule has 0 fully saturated rings. The summed E-state index contributed by atoms with van der Waals surface area (Å²) in [6.45, 7) is 15.5. The van der Waals surface area contributed by atoms with E-state index in [-0.39, 0.29) is 5.41 Å². The van der Waals surface area contributed by atoms with Gasteiger partial charge in [0.2, 0.25) is 0 Å². The molecule has 61 heavy (non-hydrogen) atoms.